The maximum atomic E-state index is 12.5. The Labute approximate surface area is 134 Å². The number of aliphatic hydroxyl groups excluding tert-OH is 1. The summed E-state index contributed by atoms with van der Waals surface area (Å²) in [6, 6.07) is 12.2. The lowest BCUT2D eigenvalue weighted by atomic mass is 10.1. The van der Waals surface area contributed by atoms with Crippen LogP contribution in [0.25, 0.3) is 33.3 Å². The predicted molar refractivity (Wildman–Crippen MR) is 85.3 cm³/mol. The molecule has 1 N–H and O–H groups in total. The molecule has 0 unspecified atom stereocenters. The number of nitrogens with zero attached hydrogens (tertiary/aromatic N) is 4. The quantitative estimate of drug-likeness (QED) is 0.559. The van der Waals surface area contributed by atoms with E-state index in [1.807, 2.05) is 6.07 Å². The van der Waals surface area contributed by atoms with Crippen LogP contribution in [0.4, 0.5) is 0 Å². The van der Waals surface area contributed by atoms with Gasteiger partial charge in [0.1, 0.15) is 17.8 Å². The predicted octanol–water partition coefficient (Wildman–Crippen LogP) is 1.02. The second-order valence-electron chi connectivity index (χ2n) is 5.06. The summed E-state index contributed by atoms with van der Waals surface area (Å²) in [6.07, 6.45) is 0. The van der Waals surface area contributed by atoms with Gasteiger partial charge in [0.2, 0.25) is 11.3 Å². The lowest BCUT2D eigenvalue weighted by Gasteiger charge is -2.02. The highest BCUT2D eigenvalue weighted by Crippen LogP contribution is 2.23. The molecule has 2 aromatic carbocycles. The molecule has 2 aromatic heterocycles. The molecule has 0 spiro atoms. The molecule has 8 nitrogen and oxygen atoms in total. The molecule has 0 amide bonds. The van der Waals surface area contributed by atoms with E-state index in [0.717, 1.165) is 4.96 Å². The molecule has 24 heavy (non-hydrogen) atoms. The number of aromatic nitrogens is 4. The van der Waals surface area contributed by atoms with Gasteiger partial charge in [-0.3, -0.25) is 4.79 Å². The Balaban J connectivity index is 1.82. The van der Waals surface area contributed by atoms with Gasteiger partial charge in [-0.1, -0.05) is 23.3 Å². The molecule has 0 atom stereocenters. The molecule has 0 bridgehead atoms. The van der Waals surface area contributed by atoms with Gasteiger partial charge in [-0.15, -0.1) is 5.10 Å². The van der Waals surface area contributed by atoms with E-state index in [1.54, 1.807) is 36.4 Å². The van der Waals surface area contributed by atoms with Crippen molar-refractivity contribution in [1.29, 1.82) is 0 Å². The van der Waals surface area contributed by atoms with Crippen molar-refractivity contribution in [2.24, 2.45) is 0 Å². The van der Waals surface area contributed by atoms with Crippen LogP contribution in [-0.2, 0) is 0 Å². The van der Waals surface area contributed by atoms with Crippen LogP contribution in [0.3, 0.4) is 0 Å². The summed E-state index contributed by atoms with van der Waals surface area (Å²) < 4.78 is 5.81. The molecule has 4 aromatic rings. The van der Waals surface area contributed by atoms with E-state index in [2.05, 4.69) is 15.4 Å². The second kappa shape index (κ2) is 5.74. The van der Waals surface area contributed by atoms with E-state index in [1.165, 1.54) is 0 Å². The van der Waals surface area contributed by atoms with E-state index in [9.17, 15) is 4.79 Å². The molecule has 0 saturated carbocycles. The minimum atomic E-state index is -0.148. The van der Waals surface area contributed by atoms with Crippen LogP contribution < -0.4 is 10.3 Å². The van der Waals surface area contributed by atoms with E-state index >= 15 is 0 Å². The Bertz CT molecular complexity index is 1090. The Kier molecular flexibility index (Phi) is 3.43. The van der Waals surface area contributed by atoms with Gasteiger partial charge in [0, 0.05) is 10.5 Å². The monoisotopic (exact) mass is 324 g/mol. The second-order valence-corrected chi connectivity index (χ2v) is 5.06. The van der Waals surface area contributed by atoms with Crippen molar-refractivity contribution in [2.45, 2.75) is 0 Å². The van der Waals surface area contributed by atoms with Gasteiger partial charge in [0.15, 0.2) is 0 Å². The van der Waals surface area contributed by atoms with E-state index in [4.69, 9.17) is 14.4 Å². The standard InChI is InChI=1S/C16H12N4O4/c21-7-8-23-20-18-16(17-19-20)10-5-6-12-14(9-10)24-13-4-2-1-3-11(13)15(12)22/h1-6,9,21H,7-8H2. The molecule has 0 aliphatic heterocycles. The fourth-order valence-corrected chi connectivity index (χ4v) is 2.43. The van der Waals surface area contributed by atoms with Crippen LogP contribution in [-0.4, -0.2) is 38.7 Å². The number of tetrazole rings is 1. The van der Waals surface area contributed by atoms with Crippen molar-refractivity contribution in [3.8, 4) is 11.4 Å². The summed E-state index contributed by atoms with van der Waals surface area (Å²) in [4.78, 5) is 18.5. The summed E-state index contributed by atoms with van der Waals surface area (Å²) in [5.41, 5.74) is 1.53. The topological polar surface area (TPSA) is 103 Å². The lowest BCUT2D eigenvalue weighted by Crippen LogP contribution is -2.18. The zero-order valence-corrected chi connectivity index (χ0v) is 12.4. The van der Waals surface area contributed by atoms with Crippen LogP contribution in [0.2, 0.25) is 0 Å². The first-order valence-corrected chi connectivity index (χ1v) is 7.26. The maximum absolute atomic E-state index is 12.5. The van der Waals surface area contributed by atoms with E-state index in [-0.39, 0.29) is 18.6 Å². The third-order valence-corrected chi connectivity index (χ3v) is 3.53. The van der Waals surface area contributed by atoms with E-state index < -0.39 is 0 Å². The summed E-state index contributed by atoms with van der Waals surface area (Å²) in [7, 11) is 0. The zero-order chi connectivity index (χ0) is 16.5. The number of hydrogen-bond acceptors (Lipinski definition) is 7. The van der Waals surface area contributed by atoms with Crippen LogP contribution in [0.15, 0.2) is 51.7 Å². The number of fused-ring (bicyclic) bond motifs is 2. The molecule has 120 valence electrons. The minimum Gasteiger partial charge on any atom is -0.456 e. The average molecular weight is 324 g/mol. The molecule has 0 aliphatic carbocycles. The molecule has 0 saturated heterocycles. The number of rotatable bonds is 4. The molecular formula is C16H12N4O4. The maximum Gasteiger partial charge on any atom is 0.208 e. The number of benzene rings is 2. The highest BCUT2D eigenvalue weighted by molar-refractivity contribution is 5.91. The molecule has 0 radical (unpaired) electrons. The molecule has 0 aliphatic rings. The largest absolute Gasteiger partial charge is 0.456 e. The smallest absolute Gasteiger partial charge is 0.208 e. The number of aliphatic hydroxyl groups is 1. The average Bonchev–Trinajstić information content (AvgIpc) is 3.09. The number of hydrogen-bond donors (Lipinski definition) is 1. The van der Waals surface area contributed by atoms with Crippen LogP contribution in [0, 0.1) is 0 Å². The fraction of sp³-hybridized carbons (Fsp3) is 0.125. The van der Waals surface area contributed by atoms with E-state index in [0.29, 0.717) is 33.3 Å². The first kappa shape index (κ1) is 14.3. The van der Waals surface area contributed by atoms with Crippen molar-refractivity contribution in [1.82, 2.24) is 20.4 Å². The van der Waals surface area contributed by atoms with Gasteiger partial charge < -0.3 is 14.4 Å². The van der Waals surface area contributed by atoms with Crippen molar-refractivity contribution in [3.05, 3.63) is 52.7 Å². The minimum absolute atomic E-state index is 0.0639. The molecule has 2 heterocycles. The first-order chi connectivity index (χ1) is 11.8. The van der Waals surface area contributed by atoms with Gasteiger partial charge in [0.25, 0.3) is 0 Å². The SMILES string of the molecule is O=c1c2ccccc2oc2cc(-c3nnn(OCCO)n3)ccc12. The van der Waals surface area contributed by atoms with Gasteiger partial charge in [0.05, 0.1) is 17.4 Å². The molecule has 4 rings (SSSR count). The van der Waals surface area contributed by atoms with Gasteiger partial charge >= 0.3 is 0 Å². The van der Waals surface area contributed by atoms with Gasteiger partial charge in [-0.05, 0) is 29.5 Å². The summed E-state index contributed by atoms with van der Waals surface area (Å²) in [6.45, 7) is -0.0839. The summed E-state index contributed by atoms with van der Waals surface area (Å²) >= 11 is 0. The van der Waals surface area contributed by atoms with Crippen LogP contribution in [0.1, 0.15) is 0 Å². The van der Waals surface area contributed by atoms with Crippen molar-refractivity contribution < 1.29 is 14.4 Å². The molecule has 0 fully saturated rings. The number of para-hydroxylation sites is 1. The lowest BCUT2D eigenvalue weighted by molar-refractivity contribution is 0.0279. The van der Waals surface area contributed by atoms with Gasteiger partial charge in [-0.2, -0.15) is 0 Å². The Morgan fingerprint density at radius 2 is 1.96 bits per heavy atom. The van der Waals surface area contributed by atoms with Crippen molar-refractivity contribution in [3.63, 3.8) is 0 Å². The Hall–Kier alpha value is -3.26. The van der Waals surface area contributed by atoms with Crippen LogP contribution in [0.5, 0.6) is 0 Å². The fourth-order valence-electron chi connectivity index (χ4n) is 2.43. The molecule has 8 heteroatoms. The highest BCUT2D eigenvalue weighted by atomic mass is 16.7. The van der Waals surface area contributed by atoms with Crippen molar-refractivity contribution >= 4 is 21.9 Å². The summed E-state index contributed by atoms with van der Waals surface area (Å²) in [5.74, 6) is 0.325. The van der Waals surface area contributed by atoms with Crippen molar-refractivity contribution in [2.75, 3.05) is 13.2 Å². The Morgan fingerprint density at radius 3 is 2.83 bits per heavy atom. The molecular weight excluding hydrogens is 312 g/mol. The third-order valence-electron chi connectivity index (χ3n) is 3.53. The normalized spacial score (nSPS) is 11.2. The highest BCUT2D eigenvalue weighted by Gasteiger charge is 2.11. The summed E-state index contributed by atoms with van der Waals surface area (Å²) in [5, 5.41) is 21.4. The Morgan fingerprint density at radius 1 is 1.12 bits per heavy atom. The van der Waals surface area contributed by atoms with Crippen LogP contribution >= 0.6 is 0 Å². The third kappa shape index (κ3) is 2.38. The van der Waals surface area contributed by atoms with Gasteiger partial charge in [-0.25, -0.2) is 0 Å². The first-order valence-electron chi connectivity index (χ1n) is 7.26. The zero-order valence-electron chi connectivity index (χ0n) is 12.4.